The summed E-state index contributed by atoms with van der Waals surface area (Å²) in [6.07, 6.45) is -2.05. The van der Waals surface area contributed by atoms with Gasteiger partial charge in [0.1, 0.15) is 17.2 Å². The summed E-state index contributed by atoms with van der Waals surface area (Å²) in [5.74, 6) is -0.836. The van der Waals surface area contributed by atoms with Crippen LogP contribution in [0.5, 0.6) is 0 Å². The summed E-state index contributed by atoms with van der Waals surface area (Å²) in [4.78, 5) is 38.0. The molecule has 8 nitrogen and oxygen atoms in total. The van der Waals surface area contributed by atoms with Crippen LogP contribution in [0.2, 0.25) is 0 Å². The smallest absolute Gasteiger partial charge is 0.420 e. The number of aliphatic hydroxyl groups is 1. The van der Waals surface area contributed by atoms with E-state index in [2.05, 4.69) is 0 Å². The van der Waals surface area contributed by atoms with Crippen molar-refractivity contribution in [1.29, 1.82) is 0 Å². The Hall–Kier alpha value is -1.83. The Morgan fingerprint density at radius 1 is 0.962 bits per heavy atom. The number of nitrogens with zero attached hydrogens (tertiary/aromatic N) is 1. The van der Waals surface area contributed by atoms with Gasteiger partial charge in [-0.25, -0.2) is 14.4 Å². The topological polar surface area (TPSA) is 102 Å². The number of hydrogen-bond acceptors (Lipinski definition) is 7. The van der Waals surface area contributed by atoms with E-state index in [1.165, 1.54) is 0 Å². The molecule has 0 spiro atoms. The van der Waals surface area contributed by atoms with Crippen molar-refractivity contribution in [1.82, 2.24) is 4.90 Å². The van der Waals surface area contributed by atoms with Crippen LogP contribution in [-0.4, -0.2) is 58.6 Å². The molecule has 1 N–H and O–H groups in total. The summed E-state index contributed by atoms with van der Waals surface area (Å²) in [7, 11) is 1.14. The van der Waals surface area contributed by atoms with Gasteiger partial charge in [-0.1, -0.05) is 13.3 Å². The van der Waals surface area contributed by atoms with Crippen LogP contribution in [-0.2, 0) is 19.0 Å². The van der Waals surface area contributed by atoms with Crippen LogP contribution in [0.25, 0.3) is 0 Å². The first-order chi connectivity index (χ1) is 11.7. The van der Waals surface area contributed by atoms with E-state index >= 15 is 0 Å². The number of rotatable bonds is 6. The average molecular weight is 375 g/mol. The molecule has 2 atom stereocenters. The van der Waals surface area contributed by atoms with E-state index in [9.17, 15) is 19.5 Å². The summed E-state index contributed by atoms with van der Waals surface area (Å²) >= 11 is 0. The van der Waals surface area contributed by atoms with Gasteiger partial charge in [0.2, 0.25) is 0 Å². The van der Waals surface area contributed by atoms with Crippen LogP contribution in [0, 0.1) is 0 Å². The summed E-state index contributed by atoms with van der Waals surface area (Å²) < 4.78 is 15.2. The molecule has 26 heavy (non-hydrogen) atoms. The van der Waals surface area contributed by atoms with Crippen molar-refractivity contribution in [2.45, 2.75) is 91.1 Å². The van der Waals surface area contributed by atoms with Gasteiger partial charge in [-0.15, -0.1) is 0 Å². The number of aliphatic hydroxyl groups excluding tert-OH is 1. The number of amides is 2. The average Bonchev–Trinajstić information content (AvgIpc) is 2.42. The Kier molecular flexibility index (Phi) is 9.07. The number of ether oxygens (including phenoxy) is 3. The second-order valence-corrected chi connectivity index (χ2v) is 8.05. The van der Waals surface area contributed by atoms with Crippen molar-refractivity contribution in [2.75, 3.05) is 7.11 Å². The van der Waals surface area contributed by atoms with Gasteiger partial charge >= 0.3 is 18.2 Å². The number of esters is 1. The van der Waals surface area contributed by atoms with Gasteiger partial charge < -0.3 is 19.3 Å². The lowest BCUT2D eigenvalue weighted by Crippen LogP contribution is -2.53. The maximum atomic E-state index is 12.6. The molecule has 0 aliphatic heterocycles. The molecule has 152 valence electrons. The zero-order chi connectivity index (χ0) is 20.7. The van der Waals surface area contributed by atoms with Crippen molar-refractivity contribution in [3.8, 4) is 0 Å². The molecule has 0 heterocycles. The number of hydrogen-bond donors (Lipinski definition) is 1. The van der Waals surface area contributed by atoms with E-state index in [1.807, 2.05) is 6.92 Å². The van der Waals surface area contributed by atoms with Gasteiger partial charge in [-0.05, 0) is 48.0 Å². The number of carbonyl (C=O) groups is 3. The third-order valence-corrected chi connectivity index (χ3v) is 3.08. The van der Waals surface area contributed by atoms with Crippen molar-refractivity contribution in [3.63, 3.8) is 0 Å². The molecule has 2 amide bonds. The Bertz CT molecular complexity index is 463. The molecule has 8 heteroatoms. The third kappa shape index (κ3) is 9.03. The second-order valence-electron chi connectivity index (χ2n) is 8.05. The van der Waals surface area contributed by atoms with Crippen LogP contribution in [0.4, 0.5) is 9.59 Å². The lowest BCUT2D eigenvalue weighted by atomic mass is 10.0. The Morgan fingerprint density at radius 3 is 1.69 bits per heavy atom. The lowest BCUT2D eigenvalue weighted by molar-refractivity contribution is -0.148. The fourth-order valence-electron chi connectivity index (χ4n) is 2.10. The van der Waals surface area contributed by atoms with Crippen LogP contribution in [0.3, 0.4) is 0 Å². The zero-order valence-corrected chi connectivity index (χ0v) is 17.1. The van der Waals surface area contributed by atoms with E-state index in [0.717, 1.165) is 7.11 Å². The van der Waals surface area contributed by atoms with Gasteiger partial charge in [0.15, 0.2) is 0 Å². The van der Waals surface area contributed by atoms with Gasteiger partial charge in [0, 0.05) is 6.42 Å². The predicted molar refractivity (Wildman–Crippen MR) is 95.6 cm³/mol. The van der Waals surface area contributed by atoms with Crippen molar-refractivity contribution in [3.05, 3.63) is 0 Å². The van der Waals surface area contributed by atoms with E-state index in [4.69, 9.17) is 14.2 Å². The van der Waals surface area contributed by atoms with Crippen molar-refractivity contribution >= 4 is 18.2 Å². The highest BCUT2D eigenvalue weighted by Crippen LogP contribution is 2.20. The van der Waals surface area contributed by atoms with Crippen LogP contribution in [0.15, 0.2) is 0 Å². The van der Waals surface area contributed by atoms with Crippen molar-refractivity contribution in [2.24, 2.45) is 0 Å². The monoisotopic (exact) mass is 375 g/mol. The standard InChI is InChI=1S/C18H33NO7/c1-9-10-12(20)11-13(14(21)24-8)19(15(22)25-17(2,3)4)16(23)26-18(5,6)7/h12-13,20H,9-11H2,1-8H3. The Morgan fingerprint density at radius 2 is 1.38 bits per heavy atom. The zero-order valence-electron chi connectivity index (χ0n) is 17.1. The molecule has 0 aliphatic rings. The van der Waals surface area contributed by atoms with Gasteiger partial charge in [0.25, 0.3) is 0 Å². The van der Waals surface area contributed by atoms with Crippen LogP contribution < -0.4 is 0 Å². The van der Waals surface area contributed by atoms with Gasteiger partial charge in [-0.2, -0.15) is 4.90 Å². The van der Waals surface area contributed by atoms with E-state index < -0.39 is 41.5 Å². The summed E-state index contributed by atoms with van der Waals surface area (Å²) in [5.41, 5.74) is -1.78. The highest BCUT2D eigenvalue weighted by molar-refractivity contribution is 5.94. The fourth-order valence-corrected chi connectivity index (χ4v) is 2.10. The molecule has 0 radical (unpaired) electrons. The SMILES string of the molecule is CCCC(O)CC(C(=O)OC)N(C(=O)OC(C)(C)C)C(=O)OC(C)(C)C. The lowest BCUT2D eigenvalue weighted by Gasteiger charge is -2.32. The molecule has 0 saturated heterocycles. The summed E-state index contributed by atoms with van der Waals surface area (Å²) in [6.45, 7) is 11.7. The Labute approximate surface area is 155 Å². The molecule has 0 aromatic carbocycles. The highest BCUT2D eigenvalue weighted by atomic mass is 16.6. The quantitative estimate of drug-likeness (QED) is 0.561. The third-order valence-electron chi connectivity index (χ3n) is 3.08. The molecule has 2 unspecified atom stereocenters. The summed E-state index contributed by atoms with van der Waals surface area (Å²) in [5, 5.41) is 10.1. The fraction of sp³-hybridized carbons (Fsp3) is 0.833. The van der Waals surface area contributed by atoms with Crippen LogP contribution in [0.1, 0.15) is 67.7 Å². The highest BCUT2D eigenvalue weighted by Gasteiger charge is 2.41. The molecule has 0 aliphatic carbocycles. The van der Waals surface area contributed by atoms with Crippen LogP contribution >= 0.6 is 0 Å². The molecule has 0 rings (SSSR count). The van der Waals surface area contributed by atoms with Gasteiger partial charge in [-0.3, -0.25) is 0 Å². The van der Waals surface area contributed by atoms with E-state index in [1.54, 1.807) is 41.5 Å². The molecule has 0 aromatic heterocycles. The molecule has 0 fully saturated rings. The molecule has 0 saturated carbocycles. The largest absolute Gasteiger partial charge is 0.467 e. The number of imide groups is 1. The maximum absolute atomic E-state index is 12.6. The maximum Gasteiger partial charge on any atom is 0.420 e. The van der Waals surface area contributed by atoms with E-state index in [-0.39, 0.29) is 6.42 Å². The normalized spacial score (nSPS) is 14.2. The molecular weight excluding hydrogens is 342 g/mol. The van der Waals surface area contributed by atoms with E-state index in [0.29, 0.717) is 17.7 Å². The predicted octanol–water partition coefficient (Wildman–Crippen LogP) is 3.25. The molecule has 0 aromatic rings. The summed E-state index contributed by atoms with van der Waals surface area (Å²) in [6, 6.07) is -1.36. The second kappa shape index (κ2) is 9.75. The van der Waals surface area contributed by atoms with Gasteiger partial charge in [0.05, 0.1) is 13.2 Å². The number of methoxy groups -OCH3 is 1. The first-order valence-electron chi connectivity index (χ1n) is 8.73. The molecular formula is C18H33NO7. The minimum atomic E-state index is -1.36. The first-order valence-corrected chi connectivity index (χ1v) is 8.73. The Balaban J connectivity index is 5.81. The number of carbonyl (C=O) groups excluding carboxylic acids is 3. The molecule has 0 bridgehead atoms. The minimum absolute atomic E-state index is 0.168. The van der Waals surface area contributed by atoms with Crippen molar-refractivity contribution < 1.29 is 33.7 Å². The first kappa shape index (κ1) is 24.2. The minimum Gasteiger partial charge on any atom is -0.467 e.